The summed E-state index contributed by atoms with van der Waals surface area (Å²) in [7, 11) is 0. The lowest BCUT2D eigenvalue weighted by Gasteiger charge is -2.13. The van der Waals surface area contributed by atoms with E-state index in [9.17, 15) is 4.79 Å². The number of halogens is 1. The van der Waals surface area contributed by atoms with E-state index in [0.717, 1.165) is 11.5 Å². The number of nitrogens with zero attached hydrogens (tertiary/aromatic N) is 1. The third kappa shape index (κ3) is 4.44. The van der Waals surface area contributed by atoms with Gasteiger partial charge in [0.25, 0.3) is 5.91 Å². The number of aromatic nitrogens is 1. The van der Waals surface area contributed by atoms with Gasteiger partial charge in [0.2, 0.25) is 0 Å². The number of nitrogen functional groups attached to an aromatic ring is 1. The molecule has 0 aliphatic heterocycles. The number of thioether (sulfide) groups is 1. The van der Waals surface area contributed by atoms with Crippen molar-refractivity contribution >= 4 is 35.1 Å². The van der Waals surface area contributed by atoms with Gasteiger partial charge in [0, 0.05) is 18.0 Å². The van der Waals surface area contributed by atoms with Crippen LogP contribution in [0, 0.1) is 0 Å². The maximum absolute atomic E-state index is 11.9. The minimum atomic E-state index is -0.215. The molecule has 0 radical (unpaired) electrons. The Labute approximate surface area is 110 Å². The van der Waals surface area contributed by atoms with Gasteiger partial charge >= 0.3 is 0 Å². The number of nitrogens with one attached hydrogen (secondary N) is 1. The Morgan fingerprint density at radius 2 is 2.41 bits per heavy atom. The van der Waals surface area contributed by atoms with E-state index in [2.05, 4.69) is 17.2 Å². The summed E-state index contributed by atoms with van der Waals surface area (Å²) in [6, 6.07) is 1.58. The number of amides is 1. The molecule has 0 bridgehead atoms. The molecule has 1 amide bonds. The van der Waals surface area contributed by atoms with E-state index in [0.29, 0.717) is 10.6 Å². The summed E-state index contributed by atoms with van der Waals surface area (Å²) >= 11 is 7.67. The number of pyridine rings is 1. The third-order valence-electron chi connectivity index (χ3n) is 2.07. The Morgan fingerprint density at radius 1 is 1.71 bits per heavy atom. The van der Waals surface area contributed by atoms with E-state index >= 15 is 0 Å². The van der Waals surface area contributed by atoms with Gasteiger partial charge in [-0.25, -0.2) is 4.98 Å². The van der Waals surface area contributed by atoms with E-state index in [1.165, 1.54) is 12.3 Å². The molecule has 94 valence electrons. The van der Waals surface area contributed by atoms with Crippen LogP contribution in [-0.4, -0.2) is 28.4 Å². The lowest BCUT2D eigenvalue weighted by atomic mass is 10.2. The van der Waals surface area contributed by atoms with Crippen molar-refractivity contribution < 1.29 is 4.79 Å². The Kier molecular flexibility index (Phi) is 5.58. The molecular formula is C11H16ClN3OS. The van der Waals surface area contributed by atoms with Gasteiger partial charge in [0.05, 0.1) is 10.6 Å². The molecule has 1 heterocycles. The molecule has 6 heteroatoms. The molecule has 1 rings (SSSR count). The Balaban J connectivity index is 2.66. The summed E-state index contributed by atoms with van der Waals surface area (Å²) in [5, 5.41) is 3.18. The highest BCUT2D eigenvalue weighted by atomic mass is 35.5. The molecule has 1 unspecified atom stereocenters. The number of hydrogen-bond acceptors (Lipinski definition) is 4. The minimum Gasteiger partial charge on any atom is -0.384 e. The summed E-state index contributed by atoms with van der Waals surface area (Å²) in [5.74, 6) is 1.98. The van der Waals surface area contributed by atoms with Crippen LogP contribution in [0.2, 0.25) is 5.02 Å². The zero-order valence-electron chi connectivity index (χ0n) is 9.87. The van der Waals surface area contributed by atoms with Gasteiger partial charge in [0.15, 0.2) is 0 Å². The summed E-state index contributed by atoms with van der Waals surface area (Å²) in [5.41, 5.74) is 5.89. The van der Waals surface area contributed by atoms with Crippen LogP contribution in [0.1, 0.15) is 24.2 Å². The molecule has 0 aromatic carbocycles. The molecule has 17 heavy (non-hydrogen) atoms. The second-order valence-electron chi connectivity index (χ2n) is 3.62. The number of hydrogen-bond donors (Lipinski definition) is 2. The van der Waals surface area contributed by atoms with Crippen LogP contribution in [0.3, 0.4) is 0 Å². The second-order valence-corrected chi connectivity index (χ2v) is 5.35. The zero-order chi connectivity index (χ0) is 12.8. The topological polar surface area (TPSA) is 68.0 Å². The van der Waals surface area contributed by atoms with E-state index in [1.807, 2.05) is 6.92 Å². The first-order valence-electron chi connectivity index (χ1n) is 5.34. The number of nitrogens with two attached hydrogens (primary N) is 1. The smallest absolute Gasteiger partial charge is 0.253 e. The van der Waals surface area contributed by atoms with Crippen LogP contribution < -0.4 is 11.1 Å². The van der Waals surface area contributed by atoms with E-state index in [4.69, 9.17) is 17.3 Å². The van der Waals surface area contributed by atoms with Gasteiger partial charge in [-0.3, -0.25) is 4.79 Å². The molecule has 1 aromatic heterocycles. The van der Waals surface area contributed by atoms with E-state index in [1.54, 1.807) is 11.8 Å². The average molecular weight is 274 g/mol. The Bertz CT molecular complexity index is 400. The second kappa shape index (κ2) is 6.71. The van der Waals surface area contributed by atoms with Crippen molar-refractivity contribution in [3.05, 3.63) is 22.8 Å². The molecule has 3 N–H and O–H groups in total. The Morgan fingerprint density at radius 3 is 3.06 bits per heavy atom. The van der Waals surface area contributed by atoms with Crippen molar-refractivity contribution in [1.29, 1.82) is 0 Å². The van der Waals surface area contributed by atoms with Crippen molar-refractivity contribution in [2.75, 3.05) is 17.2 Å². The molecule has 0 spiro atoms. The third-order valence-corrected chi connectivity index (χ3v) is 3.52. The number of anilines is 1. The molecule has 0 aliphatic rings. The minimum absolute atomic E-state index is 0.0953. The summed E-state index contributed by atoms with van der Waals surface area (Å²) in [4.78, 5) is 15.7. The van der Waals surface area contributed by atoms with Crippen LogP contribution in [0.4, 0.5) is 5.82 Å². The monoisotopic (exact) mass is 273 g/mol. The molecule has 0 saturated heterocycles. The first-order chi connectivity index (χ1) is 8.04. The molecule has 0 saturated carbocycles. The van der Waals surface area contributed by atoms with Crippen LogP contribution in [0.5, 0.6) is 0 Å². The Hall–Kier alpha value is -0.940. The lowest BCUT2D eigenvalue weighted by molar-refractivity contribution is 0.0944. The molecule has 4 nitrogen and oxygen atoms in total. The van der Waals surface area contributed by atoms with Crippen molar-refractivity contribution in [2.45, 2.75) is 19.9 Å². The molecule has 1 atom stereocenters. The first-order valence-corrected chi connectivity index (χ1v) is 6.87. The van der Waals surface area contributed by atoms with E-state index < -0.39 is 0 Å². The zero-order valence-corrected chi connectivity index (χ0v) is 11.4. The lowest BCUT2D eigenvalue weighted by Crippen LogP contribution is -2.34. The highest BCUT2D eigenvalue weighted by Gasteiger charge is 2.13. The van der Waals surface area contributed by atoms with Crippen molar-refractivity contribution in [3.63, 3.8) is 0 Å². The van der Waals surface area contributed by atoms with Gasteiger partial charge in [-0.05, 0) is 18.7 Å². The average Bonchev–Trinajstić information content (AvgIpc) is 2.29. The fraction of sp³-hybridized carbons (Fsp3) is 0.455. The van der Waals surface area contributed by atoms with Crippen molar-refractivity contribution in [2.24, 2.45) is 0 Å². The van der Waals surface area contributed by atoms with Gasteiger partial charge in [-0.2, -0.15) is 11.8 Å². The number of rotatable bonds is 5. The maximum atomic E-state index is 11.9. The summed E-state index contributed by atoms with van der Waals surface area (Å²) < 4.78 is 0. The summed E-state index contributed by atoms with van der Waals surface area (Å²) in [6.07, 6.45) is 1.39. The first kappa shape index (κ1) is 14.1. The quantitative estimate of drug-likeness (QED) is 0.863. The standard InChI is InChI=1S/C11H16ClN3OS/c1-3-17-6-7(2)15-11(16)8-4-10(13)14-5-9(8)12/h4-5,7H,3,6H2,1-2H3,(H2,13,14)(H,15,16). The van der Waals surface area contributed by atoms with Crippen LogP contribution in [-0.2, 0) is 0 Å². The number of carbonyl (C=O) groups is 1. The summed E-state index contributed by atoms with van der Waals surface area (Å²) in [6.45, 7) is 4.04. The predicted molar refractivity (Wildman–Crippen MR) is 73.6 cm³/mol. The molecular weight excluding hydrogens is 258 g/mol. The fourth-order valence-electron chi connectivity index (χ4n) is 1.27. The van der Waals surface area contributed by atoms with Crippen molar-refractivity contribution in [3.8, 4) is 0 Å². The fourth-order valence-corrected chi connectivity index (χ4v) is 2.13. The SMILES string of the molecule is CCSCC(C)NC(=O)c1cc(N)ncc1Cl. The highest BCUT2D eigenvalue weighted by Crippen LogP contribution is 2.16. The van der Waals surface area contributed by atoms with Gasteiger partial charge in [0.1, 0.15) is 5.82 Å². The maximum Gasteiger partial charge on any atom is 0.253 e. The van der Waals surface area contributed by atoms with Gasteiger partial charge in [-0.15, -0.1) is 0 Å². The highest BCUT2D eigenvalue weighted by molar-refractivity contribution is 7.99. The van der Waals surface area contributed by atoms with Crippen LogP contribution >= 0.6 is 23.4 Å². The van der Waals surface area contributed by atoms with Gasteiger partial charge in [-0.1, -0.05) is 18.5 Å². The largest absolute Gasteiger partial charge is 0.384 e. The predicted octanol–water partition coefficient (Wildman–Crippen LogP) is 2.19. The van der Waals surface area contributed by atoms with Gasteiger partial charge < -0.3 is 11.1 Å². The van der Waals surface area contributed by atoms with E-state index in [-0.39, 0.29) is 17.8 Å². The molecule has 0 fully saturated rings. The normalized spacial score (nSPS) is 12.2. The molecule has 0 aliphatic carbocycles. The van der Waals surface area contributed by atoms with Crippen LogP contribution in [0.15, 0.2) is 12.3 Å². The number of carbonyl (C=O) groups excluding carboxylic acids is 1. The molecule has 1 aromatic rings. The van der Waals surface area contributed by atoms with Crippen molar-refractivity contribution in [1.82, 2.24) is 10.3 Å². The van der Waals surface area contributed by atoms with Crippen LogP contribution in [0.25, 0.3) is 0 Å².